The quantitative estimate of drug-likeness (QED) is 0.896. The van der Waals surface area contributed by atoms with Gasteiger partial charge in [0.05, 0.1) is 6.61 Å². The first-order valence-corrected chi connectivity index (χ1v) is 6.40. The van der Waals surface area contributed by atoms with Crippen molar-refractivity contribution < 1.29 is 24.1 Å². The van der Waals surface area contributed by atoms with Crippen molar-refractivity contribution in [2.24, 2.45) is 0 Å². The van der Waals surface area contributed by atoms with Crippen LogP contribution < -0.4 is 0 Å². The van der Waals surface area contributed by atoms with Crippen LogP contribution in [0.1, 0.15) is 19.4 Å². The lowest BCUT2D eigenvalue weighted by atomic mass is 10.2. The van der Waals surface area contributed by atoms with Gasteiger partial charge in [-0.25, -0.2) is 0 Å². The molecular formula is C14H18O5. The van der Waals surface area contributed by atoms with Crippen LogP contribution in [0, 0.1) is 0 Å². The van der Waals surface area contributed by atoms with Gasteiger partial charge in [0, 0.05) is 0 Å². The number of aliphatic hydroxyl groups is 1. The molecule has 1 aromatic rings. The van der Waals surface area contributed by atoms with E-state index in [1.165, 1.54) is 0 Å². The summed E-state index contributed by atoms with van der Waals surface area (Å²) in [6.07, 6.45) is -2.51. The maximum absolute atomic E-state index is 9.84. The monoisotopic (exact) mass is 266 g/mol. The Morgan fingerprint density at radius 1 is 1.21 bits per heavy atom. The molecule has 104 valence electrons. The second kappa shape index (κ2) is 4.85. The van der Waals surface area contributed by atoms with Crippen LogP contribution in [-0.2, 0) is 25.6 Å². The Bertz CT molecular complexity index is 433. The van der Waals surface area contributed by atoms with Crippen LogP contribution >= 0.6 is 0 Å². The van der Waals surface area contributed by atoms with Gasteiger partial charge >= 0.3 is 0 Å². The van der Waals surface area contributed by atoms with Crippen molar-refractivity contribution in [3.05, 3.63) is 35.9 Å². The number of rotatable bonds is 3. The van der Waals surface area contributed by atoms with Crippen LogP contribution in [0.3, 0.4) is 0 Å². The van der Waals surface area contributed by atoms with E-state index in [-0.39, 0.29) is 0 Å². The SMILES string of the molecule is CC1(C)O[C@@H]2O[C@@H](O)[C@@H](OCc3ccccc3)[C@@H]2O1. The van der Waals surface area contributed by atoms with Crippen molar-refractivity contribution in [3.8, 4) is 0 Å². The molecule has 3 rings (SSSR count). The Hall–Kier alpha value is -0.980. The van der Waals surface area contributed by atoms with Crippen molar-refractivity contribution in [2.45, 2.75) is 51.0 Å². The van der Waals surface area contributed by atoms with Crippen LogP contribution in [0.4, 0.5) is 0 Å². The third kappa shape index (κ3) is 2.66. The molecule has 2 aliphatic rings. The predicted octanol–water partition coefficient (Wildman–Crippen LogP) is 1.40. The van der Waals surface area contributed by atoms with E-state index in [0.29, 0.717) is 6.61 Å². The average molecular weight is 266 g/mol. The minimum absolute atomic E-state index is 0.395. The summed E-state index contributed by atoms with van der Waals surface area (Å²) in [5, 5.41) is 9.84. The molecule has 1 aromatic carbocycles. The lowest BCUT2D eigenvalue weighted by molar-refractivity contribution is -0.254. The molecule has 0 spiro atoms. The van der Waals surface area contributed by atoms with E-state index in [0.717, 1.165) is 5.56 Å². The molecular weight excluding hydrogens is 248 g/mol. The first kappa shape index (κ1) is 13.0. The summed E-state index contributed by atoms with van der Waals surface area (Å²) in [6, 6.07) is 9.78. The molecule has 0 bridgehead atoms. The molecule has 4 atom stereocenters. The van der Waals surface area contributed by atoms with Crippen molar-refractivity contribution in [1.29, 1.82) is 0 Å². The number of fused-ring (bicyclic) bond motifs is 1. The molecule has 2 fully saturated rings. The summed E-state index contributed by atoms with van der Waals surface area (Å²) in [5.41, 5.74) is 1.04. The Morgan fingerprint density at radius 2 is 1.95 bits per heavy atom. The van der Waals surface area contributed by atoms with Gasteiger partial charge in [0.1, 0.15) is 12.2 Å². The summed E-state index contributed by atoms with van der Waals surface area (Å²) < 4.78 is 22.3. The summed E-state index contributed by atoms with van der Waals surface area (Å²) in [7, 11) is 0. The van der Waals surface area contributed by atoms with Gasteiger partial charge in [-0.2, -0.15) is 0 Å². The van der Waals surface area contributed by atoms with Crippen LogP contribution in [0.5, 0.6) is 0 Å². The molecule has 0 aliphatic carbocycles. The number of benzene rings is 1. The van der Waals surface area contributed by atoms with E-state index in [2.05, 4.69) is 0 Å². The fourth-order valence-corrected chi connectivity index (χ4v) is 2.41. The second-order valence-corrected chi connectivity index (χ2v) is 5.26. The molecule has 2 heterocycles. The summed E-state index contributed by atoms with van der Waals surface area (Å²) >= 11 is 0. The fraction of sp³-hybridized carbons (Fsp3) is 0.571. The highest BCUT2D eigenvalue weighted by molar-refractivity contribution is 5.13. The first-order valence-electron chi connectivity index (χ1n) is 6.40. The van der Waals surface area contributed by atoms with E-state index in [1.807, 2.05) is 44.2 Å². The molecule has 5 heteroatoms. The molecule has 5 nitrogen and oxygen atoms in total. The van der Waals surface area contributed by atoms with Crippen molar-refractivity contribution in [1.82, 2.24) is 0 Å². The zero-order valence-corrected chi connectivity index (χ0v) is 11.0. The number of hydrogen-bond donors (Lipinski definition) is 1. The van der Waals surface area contributed by atoms with Gasteiger partial charge in [-0.15, -0.1) is 0 Å². The molecule has 2 saturated heterocycles. The van der Waals surface area contributed by atoms with Gasteiger partial charge in [-0.1, -0.05) is 30.3 Å². The van der Waals surface area contributed by atoms with Crippen LogP contribution in [0.25, 0.3) is 0 Å². The van der Waals surface area contributed by atoms with E-state index in [4.69, 9.17) is 18.9 Å². The minimum Gasteiger partial charge on any atom is -0.366 e. The summed E-state index contributed by atoms with van der Waals surface area (Å²) in [5.74, 6) is -0.705. The minimum atomic E-state index is -1.02. The largest absolute Gasteiger partial charge is 0.366 e. The van der Waals surface area contributed by atoms with E-state index in [9.17, 15) is 5.11 Å². The van der Waals surface area contributed by atoms with Crippen LogP contribution in [-0.4, -0.2) is 35.7 Å². The molecule has 0 amide bonds. The zero-order chi connectivity index (χ0) is 13.5. The first-order chi connectivity index (χ1) is 9.05. The summed E-state index contributed by atoms with van der Waals surface area (Å²) in [4.78, 5) is 0. The molecule has 0 aromatic heterocycles. The normalized spacial score (nSPS) is 36.4. The van der Waals surface area contributed by atoms with Gasteiger partial charge in [-0.3, -0.25) is 0 Å². The molecule has 0 unspecified atom stereocenters. The van der Waals surface area contributed by atoms with Crippen molar-refractivity contribution >= 4 is 0 Å². The maximum atomic E-state index is 9.84. The van der Waals surface area contributed by atoms with Crippen molar-refractivity contribution in [2.75, 3.05) is 0 Å². The number of ether oxygens (including phenoxy) is 4. The lowest BCUT2D eigenvalue weighted by Gasteiger charge is -2.23. The molecule has 2 aliphatic heterocycles. The van der Waals surface area contributed by atoms with E-state index >= 15 is 0 Å². The Kier molecular flexibility index (Phi) is 3.32. The number of aliphatic hydroxyl groups excluding tert-OH is 1. The average Bonchev–Trinajstić information content (AvgIpc) is 2.79. The lowest BCUT2D eigenvalue weighted by Crippen LogP contribution is -2.36. The topological polar surface area (TPSA) is 57.2 Å². The van der Waals surface area contributed by atoms with Gasteiger partial charge in [0.15, 0.2) is 18.4 Å². The van der Waals surface area contributed by atoms with Gasteiger partial charge < -0.3 is 24.1 Å². The van der Waals surface area contributed by atoms with Gasteiger partial charge in [0.25, 0.3) is 0 Å². The van der Waals surface area contributed by atoms with Crippen LogP contribution in [0.15, 0.2) is 30.3 Å². The predicted molar refractivity (Wildman–Crippen MR) is 65.9 cm³/mol. The van der Waals surface area contributed by atoms with Crippen LogP contribution in [0.2, 0.25) is 0 Å². The third-order valence-corrected chi connectivity index (χ3v) is 3.25. The maximum Gasteiger partial charge on any atom is 0.193 e. The molecule has 0 saturated carbocycles. The Balaban J connectivity index is 1.64. The Labute approximate surface area is 112 Å². The Morgan fingerprint density at radius 3 is 2.68 bits per heavy atom. The highest BCUT2D eigenvalue weighted by atomic mass is 16.9. The smallest absolute Gasteiger partial charge is 0.193 e. The zero-order valence-electron chi connectivity index (χ0n) is 11.0. The fourth-order valence-electron chi connectivity index (χ4n) is 2.41. The second-order valence-electron chi connectivity index (χ2n) is 5.26. The summed E-state index contributed by atoms with van der Waals surface area (Å²) in [6.45, 7) is 4.03. The van der Waals surface area contributed by atoms with Gasteiger partial charge in [-0.05, 0) is 19.4 Å². The van der Waals surface area contributed by atoms with Gasteiger partial charge in [0.2, 0.25) is 0 Å². The molecule has 1 N–H and O–H groups in total. The third-order valence-electron chi connectivity index (χ3n) is 3.25. The van der Waals surface area contributed by atoms with E-state index < -0.39 is 30.6 Å². The highest BCUT2D eigenvalue weighted by Gasteiger charge is 2.55. The highest BCUT2D eigenvalue weighted by Crippen LogP contribution is 2.38. The van der Waals surface area contributed by atoms with E-state index in [1.54, 1.807) is 0 Å². The molecule has 19 heavy (non-hydrogen) atoms. The van der Waals surface area contributed by atoms with Crippen molar-refractivity contribution in [3.63, 3.8) is 0 Å². The number of hydrogen-bond acceptors (Lipinski definition) is 5. The standard InChI is InChI=1S/C14H18O5/c1-14(2)18-11-10(12(15)17-13(11)19-14)16-8-9-6-4-3-5-7-9/h3-7,10-13,15H,8H2,1-2H3/t10-,11-,12+,13-/m0/s1. The molecule has 0 radical (unpaired) electrons.